The number of likely N-dealkylation sites (N-methyl/N-ethyl adjacent to an activating group) is 1. The van der Waals surface area contributed by atoms with Crippen molar-refractivity contribution in [3.8, 4) is 6.07 Å². The van der Waals surface area contributed by atoms with Crippen molar-refractivity contribution in [2.24, 2.45) is 11.7 Å². The summed E-state index contributed by atoms with van der Waals surface area (Å²) in [5.74, 6) is 0.580. The standard InChI is InChI=1S/C17H14F3N3.C6H11NO/c1-11-3-5-14(16-22(2)7-8-23(11)16)13-6-4-12(10-21)9-15(13)17(18,19)20;7-4-6(8)5-2-1-3-5/h3-9,16H,1-2H3;5H,1-4,7H2. The van der Waals surface area contributed by atoms with Crippen molar-refractivity contribution in [3.05, 3.63) is 65.1 Å². The number of alkyl halides is 3. The number of benzene rings is 1. The Labute approximate surface area is 179 Å². The summed E-state index contributed by atoms with van der Waals surface area (Å²) in [4.78, 5) is 14.5. The highest BCUT2D eigenvalue weighted by atomic mass is 19.4. The predicted octanol–water partition coefficient (Wildman–Crippen LogP) is 4.24. The highest BCUT2D eigenvalue weighted by molar-refractivity contribution is 5.83. The molecule has 4 rings (SSSR count). The van der Waals surface area contributed by atoms with Crippen molar-refractivity contribution in [2.75, 3.05) is 13.6 Å². The van der Waals surface area contributed by atoms with E-state index in [2.05, 4.69) is 0 Å². The third-order valence-electron chi connectivity index (χ3n) is 5.83. The average molecular weight is 430 g/mol. The molecule has 0 radical (unpaired) electrons. The van der Waals surface area contributed by atoms with Gasteiger partial charge in [-0.05, 0) is 43.5 Å². The molecule has 1 unspecified atom stereocenters. The quantitative estimate of drug-likeness (QED) is 0.777. The zero-order valence-electron chi connectivity index (χ0n) is 17.5. The third-order valence-corrected chi connectivity index (χ3v) is 5.83. The molecule has 8 heteroatoms. The summed E-state index contributed by atoms with van der Waals surface area (Å²) in [6, 6.07) is 5.48. The van der Waals surface area contributed by atoms with Crippen molar-refractivity contribution in [3.63, 3.8) is 0 Å². The highest BCUT2D eigenvalue weighted by Crippen LogP contribution is 2.41. The number of carbonyl (C=O) groups is 1. The van der Waals surface area contributed by atoms with Crippen LogP contribution in [0.25, 0.3) is 5.57 Å². The van der Waals surface area contributed by atoms with Gasteiger partial charge in [0.1, 0.15) is 11.9 Å². The van der Waals surface area contributed by atoms with Crippen molar-refractivity contribution < 1.29 is 18.0 Å². The Morgan fingerprint density at radius 3 is 2.48 bits per heavy atom. The number of hydrogen-bond acceptors (Lipinski definition) is 5. The lowest BCUT2D eigenvalue weighted by Gasteiger charge is -2.36. The lowest BCUT2D eigenvalue weighted by molar-refractivity contribution is -0.137. The first-order valence-corrected chi connectivity index (χ1v) is 10.1. The molecule has 2 N–H and O–H groups in total. The molecule has 0 spiro atoms. The fraction of sp³-hybridized carbons (Fsp3) is 0.391. The van der Waals surface area contributed by atoms with Gasteiger partial charge in [-0.1, -0.05) is 18.6 Å². The Morgan fingerprint density at radius 2 is 1.97 bits per heavy atom. The molecule has 0 saturated heterocycles. The van der Waals surface area contributed by atoms with Crippen molar-refractivity contribution in [1.29, 1.82) is 5.26 Å². The number of allylic oxidation sites excluding steroid dienone is 3. The minimum absolute atomic E-state index is 0.000959. The van der Waals surface area contributed by atoms with Gasteiger partial charge in [0.15, 0.2) is 0 Å². The number of Topliss-reactive ketones (excluding diaryl/α,β-unsaturated/α-hetero) is 1. The van der Waals surface area contributed by atoms with E-state index in [1.54, 1.807) is 18.2 Å². The van der Waals surface area contributed by atoms with E-state index in [1.807, 2.05) is 36.2 Å². The molecule has 1 aliphatic carbocycles. The summed E-state index contributed by atoms with van der Waals surface area (Å²) in [6.07, 6.45) is 5.74. The highest BCUT2D eigenvalue weighted by Gasteiger charge is 2.38. The van der Waals surface area contributed by atoms with Crippen LogP contribution in [0.2, 0.25) is 0 Å². The zero-order chi connectivity index (χ0) is 22.8. The summed E-state index contributed by atoms with van der Waals surface area (Å²) in [5, 5.41) is 8.89. The van der Waals surface area contributed by atoms with Crippen LogP contribution >= 0.6 is 0 Å². The minimum atomic E-state index is -4.52. The van der Waals surface area contributed by atoms with Crippen LogP contribution in [0.3, 0.4) is 0 Å². The van der Waals surface area contributed by atoms with Crippen LogP contribution in [0.5, 0.6) is 0 Å². The lowest BCUT2D eigenvalue weighted by Crippen LogP contribution is -2.38. The van der Waals surface area contributed by atoms with Crippen LogP contribution in [0.1, 0.15) is 42.9 Å². The average Bonchev–Trinajstić information content (AvgIpc) is 3.09. The van der Waals surface area contributed by atoms with E-state index < -0.39 is 11.7 Å². The maximum absolute atomic E-state index is 13.4. The maximum atomic E-state index is 13.4. The van der Waals surface area contributed by atoms with Crippen LogP contribution < -0.4 is 5.73 Å². The Balaban J connectivity index is 0.000000287. The number of carbonyl (C=O) groups excluding carboxylic acids is 1. The van der Waals surface area contributed by atoms with Gasteiger partial charge in [-0.3, -0.25) is 4.79 Å². The van der Waals surface area contributed by atoms with E-state index in [0.717, 1.165) is 24.6 Å². The number of nitrogens with zero attached hydrogens (tertiary/aromatic N) is 3. The van der Waals surface area contributed by atoms with Crippen molar-refractivity contribution in [2.45, 2.75) is 38.5 Å². The van der Waals surface area contributed by atoms with Gasteiger partial charge in [-0.25, -0.2) is 0 Å². The second-order valence-corrected chi connectivity index (χ2v) is 7.84. The maximum Gasteiger partial charge on any atom is 0.417 e. The van der Waals surface area contributed by atoms with Crippen molar-refractivity contribution in [1.82, 2.24) is 9.80 Å². The van der Waals surface area contributed by atoms with E-state index in [4.69, 9.17) is 11.0 Å². The van der Waals surface area contributed by atoms with E-state index in [9.17, 15) is 18.0 Å². The van der Waals surface area contributed by atoms with E-state index in [0.29, 0.717) is 11.5 Å². The lowest BCUT2D eigenvalue weighted by atomic mass is 9.82. The number of nitrogens with two attached hydrogens (primary N) is 1. The van der Waals surface area contributed by atoms with Gasteiger partial charge in [0, 0.05) is 36.6 Å². The van der Waals surface area contributed by atoms with Crippen LogP contribution in [0.15, 0.2) is 48.4 Å². The second-order valence-electron chi connectivity index (χ2n) is 7.84. The minimum Gasteiger partial charge on any atom is -0.355 e. The molecule has 31 heavy (non-hydrogen) atoms. The summed E-state index contributed by atoms with van der Waals surface area (Å²) < 4.78 is 40.3. The molecule has 2 aliphatic heterocycles. The summed E-state index contributed by atoms with van der Waals surface area (Å²) in [7, 11) is 1.82. The molecule has 1 atom stereocenters. The first-order valence-electron chi connectivity index (χ1n) is 10.1. The molecule has 164 valence electrons. The normalized spacial score (nSPS) is 20.1. The Bertz CT molecular complexity index is 984. The Kier molecular flexibility index (Phi) is 6.56. The SMILES string of the molecule is CC1=CC=C(c2ccc(C#N)cc2C(F)(F)F)C2N(C)C=CN12.NCC(=O)C1CCC1. The monoisotopic (exact) mass is 430 g/mol. The molecule has 3 aliphatic rings. The summed E-state index contributed by atoms with van der Waals surface area (Å²) in [5.41, 5.74) is 5.97. The number of fused-ring (bicyclic) bond motifs is 1. The largest absolute Gasteiger partial charge is 0.417 e. The fourth-order valence-corrected chi connectivity index (χ4v) is 3.82. The smallest absolute Gasteiger partial charge is 0.355 e. The molecular formula is C23H25F3N4O. The van der Waals surface area contributed by atoms with E-state index >= 15 is 0 Å². The second kappa shape index (κ2) is 8.98. The predicted molar refractivity (Wildman–Crippen MR) is 112 cm³/mol. The Morgan fingerprint density at radius 1 is 1.26 bits per heavy atom. The van der Waals surface area contributed by atoms with Gasteiger partial charge in [0.2, 0.25) is 0 Å². The van der Waals surface area contributed by atoms with E-state index in [-0.39, 0.29) is 29.6 Å². The number of nitriles is 1. The van der Waals surface area contributed by atoms with Crippen LogP contribution in [0.4, 0.5) is 13.2 Å². The number of halogens is 3. The summed E-state index contributed by atoms with van der Waals surface area (Å²) >= 11 is 0. The van der Waals surface area contributed by atoms with Crippen molar-refractivity contribution >= 4 is 11.4 Å². The Hall–Kier alpha value is -3.05. The molecule has 0 amide bonds. The molecule has 1 saturated carbocycles. The number of hydrogen-bond donors (Lipinski definition) is 1. The van der Waals surface area contributed by atoms with Gasteiger partial charge in [0.25, 0.3) is 0 Å². The van der Waals surface area contributed by atoms with Crippen LogP contribution in [0, 0.1) is 17.2 Å². The molecule has 1 aromatic rings. The zero-order valence-corrected chi connectivity index (χ0v) is 17.5. The van der Waals surface area contributed by atoms with Gasteiger partial charge in [-0.15, -0.1) is 0 Å². The molecule has 0 bridgehead atoms. The topological polar surface area (TPSA) is 73.4 Å². The van der Waals surface area contributed by atoms with Gasteiger partial charge >= 0.3 is 6.18 Å². The van der Waals surface area contributed by atoms with E-state index in [1.165, 1.54) is 18.6 Å². The molecular weight excluding hydrogens is 405 g/mol. The molecule has 5 nitrogen and oxygen atoms in total. The fourth-order valence-electron chi connectivity index (χ4n) is 3.82. The van der Waals surface area contributed by atoms with Gasteiger partial charge in [0.05, 0.1) is 23.7 Å². The molecule has 2 heterocycles. The number of ketones is 1. The third kappa shape index (κ3) is 4.67. The first kappa shape index (κ1) is 22.6. The number of rotatable bonds is 3. The van der Waals surface area contributed by atoms with Gasteiger partial charge < -0.3 is 15.5 Å². The van der Waals surface area contributed by atoms with Crippen LogP contribution in [-0.2, 0) is 11.0 Å². The summed E-state index contributed by atoms with van der Waals surface area (Å²) in [6.45, 7) is 2.15. The molecule has 1 aromatic carbocycles. The first-order chi connectivity index (χ1) is 14.7. The molecule has 1 fully saturated rings. The van der Waals surface area contributed by atoms with Crippen LogP contribution in [-0.4, -0.2) is 35.3 Å². The van der Waals surface area contributed by atoms with Gasteiger partial charge in [-0.2, -0.15) is 18.4 Å². The molecule has 0 aromatic heterocycles.